The van der Waals surface area contributed by atoms with Gasteiger partial charge in [-0.25, -0.2) is 8.42 Å². The molecule has 0 heterocycles. The molecule has 0 saturated carbocycles. The Morgan fingerprint density at radius 2 is 1.35 bits per heavy atom. The van der Waals surface area contributed by atoms with Crippen molar-refractivity contribution in [3.63, 3.8) is 0 Å². The molecule has 1 N–H and O–H groups in total. The van der Waals surface area contributed by atoms with Gasteiger partial charge < -0.3 is 15.0 Å². The van der Waals surface area contributed by atoms with Crippen LogP contribution in [0.25, 0.3) is 0 Å². The van der Waals surface area contributed by atoms with E-state index in [0.29, 0.717) is 17.9 Å². The van der Waals surface area contributed by atoms with Gasteiger partial charge in [0.2, 0.25) is 11.8 Å². The highest BCUT2D eigenvalue weighted by atomic mass is 79.9. The number of sulfonamides is 1. The molecular weight excluding hydrogens is 726 g/mol. The van der Waals surface area contributed by atoms with Crippen LogP contribution in [0.3, 0.4) is 0 Å². The van der Waals surface area contributed by atoms with Gasteiger partial charge in [0.25, 0.3) is 10.0 Å². The van der Waals surface area contributed by atoms with Gasteiger partial charge in [0.15, 0.2) is 0 Å². The number of hydrogen-bond donors (Lipinski definition) is 1. The molecular formula is C41H42BrN3O5S. The third kappa shape index (κ3) is 10.1. The molecule has 2 atom stereocenters. The van der Waals surface area contributed by atoms with Crippen molar-refractivity contribution in [3.05, 3.63) is 155 Å². The smallest absolute Gasteiger partial charge is 0.264 e. The standard InChI is InChI=1S/C41H42BrN3O5S/c1-4-31(3)43-41(47)39(27-32-11-7-5-8-12-32)44(28-33-17-19-34(42)20-18-33)40(46)29-45(51(48,49)38-25-15-30(2)16-26-38)35-21-23-37(24-22-35)50-36-13-9-6-10-14-36/h5-26,31,39H,4,27-29H2,1-3H3,(H,43,47)/t31-,39-/m0/s1. The third-order valence-electron chi connectivity index (χ3n) is 8.53. The summed E-state index contributed by atoms with van der Waals surface area (Å²) in [4.78, 5) is 30.3. The summed E-state index contributed by atoms with van der Waals surface area (Å²) in [6.07, 6.45) is 0.943. The van der Waals surface area contributed by atoms with Crippen molar-refractivity contribution in [2.24, 2.45) is 0 Å². The highest BCUT2D eigenvalue weighted by molar-refractivity contribution is 9.10. The van der Waals surface area contributed by atoms with Crippen LogP contribution >= 0.6 is 15.9 Å². The summed E-state index contributed by atoms with van der Waals surface area (Å²) in [5.74, 6) is 0.297. The number of ether oxygens (including phenoxy) is 1. The maximum absolute atomic E-state index is 14.7. The number of anilines is 1. The summed E-state index contributed by atoms with van der Waals surface area (Å²) in [5, 5.41) is 3.07. The SMILES string of the molecule is CC[C@H](C)NC(=O)[C@H](Cc1ccccc1)N(Cc1ccc(Br)cc1)C(=O)CN(c1ccc(Oc2ccccc2)cc1)S(=O)(=O)c1ccc(C)cc1. The second kappa shape index (κ2) is 17.3. The lowest BCUT2D eigenvalue weighted by atomic mass is 10.0. The highest BCUT2D eigenvalue weighted by Crippen LogP contribution is 2.29. The monoisotopic (exact) mass is 767 g/mol. The fraction of sp³-hybridized carbons (Fsp3) is 0.220. The first-order valence-corrected chi connectivity index (χ1v) is 19.1. The van der Waals surface area contributed by atoms with Gasteiger partial charge >= 0.3 is 0 Å². The van der Waals surface area contributed by atoms with Crippen LogP contribution in [0.15, 0.2) is 143 Å². The van der Waals surface area contributed by atoms with Crippen molar-refractivity contribution in [2.45, 2.75) is 57.1 Å². The van der Waals surface area contributed by atoms with Gasteiger partial charge in [-0.3, -0.25) is 13.9 Å². The van der Waals surface area contributed by atoms with Gasteiger partial charge in [0.05, 0.1) is 10.6 Å². The fourth-order valence-corrected chi connectivity index (χ4v) is 7.13. The summed E-state index contributed by atoms with van der Waals surface area (Å²) >= 11 is 3.48. The number of para-hydroxylation sites is 1. The van der Waals surface area contributed by atoms with Crippen molar-refractivity contribution >= 4 is 43.5 Å². The number of carbonyl (C=O) groups is 2. The lowest BCUT2D eigenvalue weighted by Gasteiger charge is -2.34. The number of nitrogens with one attached hydrogen (secondary N) is 1. The number of carbonyl (C=O) groups excluding carboxylic acids is 2. The zero-order valence-electron chi connectivity index (χ0n) is 28.9. The zero-order chi connectivity index (χ0) is 36.4. The molecule has 5 aromatic rings. The molecule has 0 radical (unpaired) electrons. The van der Waals surface area contributed by atoms with Crippen LogP contribution in [-0.4, -0.2) is 43.8 Å². The van der Waals surface area contributed by atoms with Gasteiger partial charge in [-0.2, -0.15) is 0 Å². The highest BCUT2D eigenvalue weighted by Gasteiger charge is 2.35. The molecule has 0 fully saturated rings. The maximum atomic E-state index is 14.7. The van der Waals surface area contributed by atoms with E-state index in [1.165, 1.54) is 17.0 Å². The maximum Gasteiger partial charge on any atom is 0.264 e. The second-order valence-electron chi connectivity index (χ2n) is 12.4. The minimum absolute atomic E-state index is 0.0420. The van der Waals surface area contributed by atoms with Crippen molar-refractivity contribution in [2.75, 3.05) is 10.8 Å². The molecule has 0 spiro atoms. The molecule has 0 saturated heterocycles. The molecule has 264 valence electrons. The Labute approximate surface area is 309 Å². The molecule has 0 aliphatic heterocycles. The number of aryl methyl sites for hydroxylation is 1. The molecule has 10 heteroatoms. The van der Waals surface area contributed by atoms with E-state index in [0.717, 1.165) is 25.5 Å². The Morgan fingerprint density at radius 3 is 1.96 bits per heavy atom. The van der Waals surface area contributed by atoms with Gasteiger partial charge in [0, 0.05) is 23.5 Å². The van der Waals surface area contributed by atoms with Crippen LogP contribution in [0.5, 0.6) is 11.5 Å². The fourth-order valence-electron chi connectivity index (χ4n) is 5.45. The third-order valence-corrected chi connectivity index (χ3v) is 10.8. The van der Waals surface area contributed by atoms with Crippen molar-refractivity contribution < 1.29 is 22.7 Å². The van der Waals surface area contributed by atoms with E-state index in [2.05, 4.69) is 21.2 Å². The van der Waals surface area contributed by atoms with E-state index in [1.54, 1.807) is 36.4 Å². The van der Waals surface area contributed by atoms with E-state index in [9.17, 15) is 18.0 Å². The van der Waals surface area contributed by atoms with Crippen LogP contribution in [-0.2, 0) is 32.6 Å². The number of rotatable bonds is 15. The Kier molecular flexibility index (Phi) is 12.7. The van der Waals surface area contributed by atoms with Gasteiger partial charge in [-0.1, -0.05) is 101 Å². The molecule has 0 aliphatic rings. The predicted octanol–water partition coefficient (Wildman–Crippen LogP) is 8.30. The number of nitrogens with zero attached hydrogens (tertiary/aromatic N) is 2. The first-order valence-electron chi connectivity index (χ1n) is 16.8. The molecule has 0 unspecified atom stereocenters. The topological polar surface area (TPSA) is 96.0 Å². The number of hydrogen-bond acceptors (Lipinski definition) is 5. The summed E-state index contributed by atoms with van der Waals surface area (Å²) in [5.41, 5.74) is 2.83. The van der Waals surface area contributed by atoms with Crippen molar-refractivity contribution in [3.8, 4) is 11.5 Å². The number of benzene rings is 5. The minimum atomic E-state index is -4.24. The predicted molar refractivity (Wildman–Crippen MR) is 205 cm³/mol. The van der Waals surface area contributed by atoms with Gasteiger partial charge in [-0.05, 0) is 92.1 Å². The molecule has 0 bridgehead atoms. The molecule has 8 nitrogen and oxygen atoms in total. The molecule has 0 aromatic heterocycles. The summed E-state index contributed by atoms with van der Waals surface area (Å²) in [7, 11) is -4.24. The van der Waals surface area contributed by atoms with E-state index < -0.39 is 28.5 Å². The first-order chi connectivity index (χ1) is 24.5. The van der Waals surface area contributed by atoms with Crippen molar-refractivity contribution in [1.82, 2.24) is 10.2 Å². The van der Waals surface area contributed by atoms with E-state index in [4.69, 9.17) is 4.74 Å². The van der Waals surface area contributed by atoms with Crippen LogP contribution in [0.1, 0.15) is 37.0 Å². The van der Waals surface area contributed by atoms with Crippen LogP contribution < -0.4 is 14.4 Å². The summed E-state index contributed by atoms with van der Waals surface area (Å²) in [6.45, 7) is 5.30. The quantitative estimate of drug-likeness (QED) is 0.116. The van der Waals surface area contributed by atoms with Gasteiger partial charge in [0.1, 0.15) is 24.1 Å². The van der Waals surface area contributed by atoms with Crippen LogP contribution in [0.2, 0.25) is 0 Å². The average Bonchev–Trinajstić information content (AvgIpc) is 3.14. The molecule has 51 heavy (non-hydrogen) atoms. The van der Waals surface area contributed by atoms with Crippen LogP contribution in [0.4, 0.5) is 5.69 Å². The molecule has 5 aromatic carbocycles. The van der Waals surface area contributed by atoms with E-state index >= 15 is 0 Å². The van der Waals surface area contributed by atoms with Crippen LogP contribution in [0, 0.1) is 6.92 Å². The average molecular weight is 769 g/mol. The second-order valence-corrected chi connectivity index (χ2v) is 15.2. The number of amides is 2. The lowest BCUT2D eigenvalue weighted by Crippen LogP contribution is -2.54. The Balaban J connectivity index is 1.56. The lowest BCUT2D eigenvalue weighted by molar-refractivity contribution is -0.140. The summed E-state index contributed by atoms with van der Waals surface area (Å²) in [6, 6.07) is 38.3. The van der Waals surface area contributed by atoms with E-state index in [-0.39, 0.29) is 35.5 Å². The van der Waals surface area contributed by atoms with Crippen molar-refractivity contribution in [1.29, 1.82) is 0 Å². The Bertz CT molecular complexity index is 1990. The normalized spacial score (nSPS) is 12.4. The largest absolute Gasteiger partial charge is 0.457 e. The number of halogens is 1. The molecule has 0 aliphatic carbocycles. The van der Waals surface area contributed by atoms with E-state index in [1.807, 2.05) is 106 Å². The molecule has 5 rings (SSSR count). The van der Waals surface area contributed by atoms with Gasteiger partial charge in [-0.15, -0.1) is 0 Å². The summed E-state index contributed by atoms with van der Waals surface area (Å²) < 4.78 is 36.7. The minimum Gasteiger partial charge on any atom is -0.457 e. The zero-order valence-corrected chi connectivity index (χ0v) is 31.3. The Morgan fingerprint density at radius 1 is 0.765 bits per heavy atom. The Hall–Kier alpha value is -4.93. The first kappa shape index (κ1) is 37.3. The molecule has 2 amide bonds.